The number of phenolic OH excluding ortho intramolecular Hbond substituents is 1. The van der Waals surface area contributed by atoms with Gasteiger partial charge in [-0.05, 0) is 37.3 Å². The molecule has 1 amide bonds. The first kappa shape index (κ1) is 14.4. The predicted octanol–water partition coefficient (Wildman–Crippen LogP) is 1.79. The lowest BCUT2D eigenvalue weighted by atomic mass is 10.0. The summed E-state index contributed by atoms with van der Waals surface area (Å²) in [7, 11) is 0. The number of para-hydroxylation sites is 1. The second-order valence-corrected chi connectivity index (χ2v) is 5.07. The highest BCUT2D eigenvalue weighted by Crippen LogP contribution is 2.21. The van der Waals surface area contributed by atoms with Crippen LogP contribution < -0.4 is 0 Å². The van der Waals surface area contributed by atoms with Crippen molar-refractivity contribution < 1.29 is 19.8 Å². The molecule has 1 aliphatic heterocycles. The Hall–Kier alpha value is -2.04. The van der Waals surface area contributed by atoms with Gasteiger partial charge in [0.15, 0.2) is 0 Å². The Bertz CT molecular complexity index is 500. The first-order valence-electron chi connectivity index (χ1n) is 6.88. The van der Waals surface area contributed by atoms with E-state index in [2.05, 4.69) is 0 Å². The number of benzene rings is 1. The largest absolute Gasteiger partial charge is 0.508 e. The van der Waals surface area contributed by atoms with Crippen molar-refractivity contribution in [3.05, 3.63) is 29.8 Å². The van der Waals surface area contributed by atoms with Gasteiger partial charge in [-0.15, -0.1) is 0 Å². The molecule has 1 saturated heterocycles. The van der Waals surface area contributed by atoms with Gasteiger partial charge in [0.1, 0.15) is 11.8 Å². The Kier molecular flexibility index (Phi) is 4.61. The standard InChI is InChI=1S/C15H19NO4/c17-13-7-2-1-5-11(13)8-9-14(18)16-10-4-3-6-12(16)15(19)20/h1-2,5,7,12,17H,3-4,6,8-10H2,(H,19,20). The Balaban J connectivity index is 1.97. The predicted molar refractivity (Wildman–Crippen MR) is 73.4 cm³/mol. The van der Waals surface area contributed by atoms with Crippen molar-refractivity contribution in [1.82, 2.24) is 4.90 Å². The zero-order chi connectivity index (χ0) is 14.5. The molecule has 1 aromatic carbocycles. The van der Waals surface area contributed by atoms with E-state index in [9.17, 15) is 14.7 Å². The molecular weight excluding hydrogens is 258 g/mol. The first-order chi connectivity index (χ1) is 9.59. The number of likely N-dealkylation sites (tertiary alicyclic amines) is 1. The number of carboxylic acids is 1. The summed E-state index contributed by atoms with van der Waals surface area (Å²) < 4.78 is 0. The molecule has 20 heavy (non-hydrogen) atoms. The minimum Gasteiger partial charge on any atom is -0.508 e. The van der Waals surface area contributed by atoms with E-state index in [4.69, 9.17) is 5.11 Å². The second-order valence-electron chi connectivity index (χ2n) is 5.07. The number of nitrogens with zero attached hydrogens (tertiary/aromatic N) is 1. The van der Waals surface area contributed by atoms with Crippen LogP contribution in [-0.2, 0) is 16.0 Å². The summed E-state index contributed by atoms with van der Waals surface area (Å²) in [6.07, 6.45) is 2.87. The number of phenols is 1. The fourth-order valence-corrected chi connectivity index (χ4v) is 2.59. The summed E-state index contributed by atoms with van der Waals surface area (Å²) in [5.41, 5.74) is 0.713. The van der Waals surface area contributed by atoms with Crippen LogP contribution in [0.3, 0.4) is 0 Å². The summed E-state index contributed by atoms with van der Waals surface area (Å²) in [5.74, 6) is -0.908. The van der Waals surface area contributed by atoms with Crippen LogP contribution in [0.1, 0.15) is 31.2 Å². The Morgan fingerprint density at radius 1 is 1.25 bits per heavy atom. The lowest BCUT2D eigenvalue weighted by Crippen LogP contribution is -2.48. The summed E-state index contributed by atoms with van der Waals surface area (Å²) in [5, 5.41) is 18.8. The smallest absolute Gasteiger partial charge is 0.326 e. The summed E-state index contributed by atoms with van der Waals surface area (Å²) in [6.45, 7) is 0.510. The van der Waals surface area contributed by atoms with Crippen molar-refractivity contribution in [2.24, 2.45) is 0 Å². The molecule has 0 spiro atoms. The number of hydrogen-bond donors (Lipinski definition) is 2. The number of rotatable bonds is 4. The average molecular weight is 277 g/mol. The van der Waals surface area contributed by atoms with Crippen molar-refractivity contribution in [3.8, 4) is 5.75 Å². The van der Waals surface area contributed by atoms with Gasteiger partial charge in [-0.2, -0.15) is 0 Å². The van der Waals surface area contributed by atoms with Crippen LogP contribution in [0.2, 0.25) is 0 Å². The molecule has 1 aliphatic rings. The van der Waals surface area contributed by atoms with E-state index in [0.29, 0.717) is 24.9 Å². The monoisotopic (exact) mass is 277 g/mol. The molecule has 2 rings (SSSR count). The SMILES string of the molecule is O=C(O)C1CCCCN1C(=O)CCc1ccccc1O. The molecule has 1 fully saturated rings. The second kappa shape index (κ2) is 6.41. The number of aryl methyl sites for hydroxylation is 1. The van der Waals surface area contributed by atoms with Gasteiger partial charge in [0.25, 0.3) is 0 Å². The van der Waals surface area contributed by atoms with Crippen LogP contribution in [0, 0.1) is 0 Å². The van der Waals surface area contributed by atoms with Crippen molar-refractivity contribution in [2.75, 3.05) is 6.54 Å². The molecule has 0 bridgehead atoms. The van der Waals surface area contributed by atoms with Gasteiger partial charge in [0.2, 0.25) is 5.91 Å². The van der Waals surface area contributed by atoms with Crippen LogP contribution in [0.5, 0.6) is 5.75 Å². The fourth-order valence-electron chi connectivity index (χ4n) is 2.59. The third kappa shape index (κ3) is 3.29. The molecule has 2 N–H and O–H groups in total. The first-order valence-corrected chi connectivity index (χ1v) is 6.88. The zero-order valence-corrected chi connectivity index (χ0v) is 11.3. The van der Waals surface area contributed by atoms with Crippen LogP contribution in [0.25, 0.3) is 0 Å². The third-order valence-corrected chi connectivity index (χ3v) is 3.71. The number of amides is 1. The van der Waals surface area contributed by atoms with E-state index in [1.807, 2.05) is 0 Å². The van der Waals surface area contributed by atoms with E-state index in [1.54, 1.807) is 24.3 Å². The van der Waals surface area contributed by atoms with Gasteiger partial charge < -0.3 is 15.1 Å². The molecule has 0 radical (unpaired) electrons. The van der Waals surface area contributed by atoms with E-state index < -0.39 is 12.0 Å². The highest BCUT2D eigenvalue weighted by Gasteiger charge is 2.31. The van der Waals surface area contributed by atoms with Crippen molar-refractivity contribution in [3.63, 3.8) is 0 Å². The Morgan fingerprint density at radius 3 is 2.70 bits per heavy atom. The van der Waals surface area contributed by atoms with E-state index in [1.165, 1.54) is 4.90 Å². The number of carboxylic acid groups (broad SMARTS) is 1. The number of carbonyl (C=O) groups excluding carboxylic acids is 1. The maximum absolute atomic E-state index is 12.2. The summed E-state index contributed by atoms with van der Waals surface area (Å²) >= 11 is 0. The molecular formula is C15H19NO4. The summed E-state index contributed by atoms with van der Waals surface area (Å²) in [4.78, 5) is 24.8. The topological polar surface area (TPSA) is 77.8 Å². The third-order valence-electron chi connectivity index (χ3n) is 3.71. The minimum atomic E-state index is -0.930. The quantitative estimate of drug-likeness (QED) is 0.879. The molecule has 5 heteroatoms. The number of piperidine rings is 1. The minimum absolute atomic E-state index is 0.152. The van der Waals surface area contributed by atoms with Crippen molar-refractivity contribution in [1.29, 1.82) is 0 Å². The maximum Gasteiger partial charge on any atom is 0.326 e. The highest BCUT2D eigenvalue weighted by molar-refractivity contribution is 5.84. The maximum atomic E-state index is 12.2. The van der Waals surface area contributed by atoms with Crippen LogP contribution in [0.15, 0.2) is 24.3 Å². The van der Waals surface area contributed by atoms with E-state index >= 15 is 0 Å². The van der Waals surface area contributed by atoms with Gasteiger partial charge in [-0.1, -0.05) is 18.2 Å². The van der Waals surface area contributed by atoms with E-state index in [-0.39, 0.29) is 18.1 Å². The molecule has 5 nitrogen and oxygen atoms in total. The molecule has 0 saturated carbocycles. The van der Waals surface area contributed by atoms with Crippen LogP contribution in [-0.4, -0.2) is 39.6 Å². The molecule has 0 aromatic heterocycles. The van der Waals surface area contributed by atoms with Gasteiger partial charge in [0, 0.05) is 13.0 Å². The lowest BCUT2D eigenvalue weighted by molar-refractivity contribution is -0.152. The molecule has 1 atom stereocenters. The van der Waals surface area contributed by atoms with Crippen molar-refractivity contribution >= 4 is 11.9 Å². The molecule has 1 heterocycles. The van der Waals surface area contributed by atoms with Gasteiger partial charge in [-0.3, -0.25) is 4.79 Å². The normalized spacial score (nSPS) is 18.8. The number of aromatic hydroxyl groups is 1. The van der Waals surface area contributed by atoms with Crippen LogP contribution in [0.4, 0.5) is 0 Å². The van der Waals surface area contributed by atoms with Crippen LogP contribution >= 0.6 is 0 Å². The Labute approximate surface area is 117 Å². The Morgan fingerprint density at radius 2 is 2.00 bits per heavy atom. The molecule has 1 unspecified atom stereocenters. The van der Waals surface area contributed by atoms with Gasteiger partial charge in [-0.25, -0.2) is 4.79 Å². The molecule has 1 aromatic rings. The lowest BCUT2D eigenvalue weighted by Gasteiger charge is -2.33. The number of hydrogen-bond acceptors (Lipinski definition) is 3. The van der Waals surface area contributed by atoms with Gasteiger partial charge >= 0.3 is 5.97 Å². The highest BCUT2D eigenvalue weighted by atomic mass is 16.4. The number of aliphatic carboxylic acids is 1. The zero-order valence-electron chi connectivity index (χ0n) is 11.3. The van der Waals surface area contributed by atoms with E-state index in [0.717, 1.165) is 12.8 Å². The number of carbonyl (C=O) groups is 2. The van der Waals surface area contributed by atoms with Gasteiger partial charge in [0.05, 0.1) is 0 Å². The fraction of sp³-hybridized carbons (Fsp3) is 0.467. The summed E-state index contributed by atoms with van der Waals surface area (Å²) in [6, 6.07) is 6.20. The molecule has 0 aliphatic carbocycles. The molecule has 108 valence electrons. The van der Waals surface area contributed by atoms with Crippen molar-refractivity contribution in [2.45, 2.75) is 38.1 Å². The average Bonchev–Trinajstić information content (AvgIpc) is 2.46.